The van der Waals surface area contributed by atoms with Crippen LogP contribution in [0.1, 0.15) is 32.4 Å². The van der Waals surface area contributed by atoms with Gasteiger partial charge in [0, 0.05) is 5.02 Å². The van der Waals surface area contributed by atoms with Gasteiger partial charge < -0.3 is 9.22 Å². The summed E-state index contributed by atoms with van der Waals surface area (Å²) in [6, 6.07) is 7.29. The molecule has 0 bridgehead atoms. The highest BCUT2D eigenvalue weighted by molar-refractivity contribution is 6.74. The van der Waals surface area contributed by atoms with Gasteiger partial charge in [0.05, 0.1) is 0 Å². The molecule has 4 heteroatoms. The van der Waals surface area contributed by atoms with Crippen LogP contribution in [0.3, 0.4) is 0 Å². The maximum absolute atomic E-state index is 11.3. The van der Waals surface area contributed by atoms with Crippen molar-refractivity contribution in [1.29, 1.82) is 0 Å². The van der Waals surface area contributed by atoms with Crippen molar-refractivity contribution in [2.24, 2.45) is 0 Å². The average Bonchev–Trinajstić information content (AvgIpc) is 2.24. The van der Waals surface area contributed by atoms with Crippen LogP contribution >= 0.6 is 11.6 Å². The number of carbonyl (C=O) groups is 1. The van der Waals surface area contributed by atoms with Crippen molar-refractivity contribution in [2.45, 2.75) is 45.0 Å². The molecule has 18 heavy (non-hydrogen) atoms. The van der Waals surface area contributed by atoms with Gasteiger partial charge in [0.25, 0.3) is 0 Å². The summed E-state index contributed by atoms with van der Waals surface area (Å²) in [7, 11) is -1.96. The molecule has 0 aromatic heterocycles. The molecule has 0 saturated heterocycles. The Morgan fingerprint density at radius 1 is 1.33 bits per heavy atom. The fraction of sp³-hybridized carbons (Fsp3) is 0.500. The second-order valence-corrected chi connectivity index (χ2v) is 11.2. The van der Waals surface area contributed by atoms with Crippen molar-refractivity contribution in [3.8, 4) is 0 Å². The normalized spacial score (nSPS) is 14.3. The fourth-order valence-electron chi connectivity index (χ4n) is 1.35. The Balaban J connectivity index is 2.96. The number of benzene rings is 1. The second kappa shape index (κ2) is 5.55. The molecule has 1 aromatic carbocycles. The molecule has 0 aliphatic carbocycles. The van der Waals surface area contributed by atoms with Crippen LogP contribution in [0.25, 0.3) is 0 Å². The van der Waals surface area contributed by atoms with Gasteiger partial charge in [-0.15, -0.1) is 0 Å². The number of hydrogen-bond acceptors (Lipinski definition) is 2. The quantitative estimate of drug-likeness (QED) is 0.596. The highest BCUT2D eigenvalue weighted by Crippen LogP contribution is 2.39. The molecule has 0 spiro atoms. The Kier molecular flexibility index (Phi) is 4.76. The van der Waals surface area contributed by atoms with Gasteiger partial charge in [0.2, 0.25) is 0 Å². The van der Waals surface area contributed by atoms with Crippen LogP contribution in [-0.2, 0) is 9.22 Å². The van der Waals surface area contributed by atoms with Crippen molar-refractivity contribution < 1.29 is 9.22 Å². The zero-order valence-electron chi connectivity index (χ0n) is 11.7. The molecular weight excluding hydrogens is 264 g/mol. The number of aldehydes is 1. The average molecular weight is 285 g/mol. The number of rotatable bonds is 4. The monoisotopic (exact) mass is 284 g/mol. The predicted molar refractivity (Wildman–Crippen MR) is 78.5 cm³/mol. The zero-order chi connectivity index (χ0) is 14.0. The molecule has 1 aromatic rings. The minimum atomic E-state index is -1.96. The van der Waals surface area contributed by atoms with Crippen molar-refractivity contribution in [3.05, 3.63) is 34.9 Å². The lowest BCUT2D eigenvalue weighted by molar-refractivity contribution is -0.114. The first-order chi connectivity index (χ1) is 8.17. The van der Waals surface area contributed by atoms with Crippen LogP contribution in [0.5, 0.6) is 0 Å². The Morgan fingerprint density at radius 2 is 1.94 bits per heavy atom. The van der Waals surface area contributed by atoms with Crippen LogP contribution in [0.2, 0.25) is 23.2 Å². The molecule has 1 rings (SSSR count). The van der Waals surface area contributed by atoms with Crippen molar-refractivity contribution >= 4 is 26.2 Å². The highest BCUT2D eigenvalue weighted by atomic mass is 35.5. The molecule has 100 valence electrons. The van der Waals surface area contributed by atoms with Crippen molar-refractivity contribution in [1.82, 2.24) is 0 Å². The molecule has 0 saturated carbocycles. The van der Waals surface area contributed by atoms with E-state index < -0.39 is 14.4 Å². The van der Waals surface area contributed by atoms with E-state index in [1.807, 2.05) is 12.1 Å². The molecule has 0 aliphatic heterocycles. The molecule has 0 fully saturated rings. The predicted octanol–water partition coefficient (Wildman–Crippen LogP) is 4.60. The Morgan fingerprint density at radius 3 is 2.39 bits per heavy atom. The first-order valence-electron chi connectivity index (χ1n) is 6.06. The van der Waals surface area contributed by atoms with Gasteiger partial charge >= 0.3 is 0 Å². The van der Waals surface area contributed by atoms with Crippen molar-refractivity contribution in [2.75, 3.05) is 0 Å². The van der Waals surface area contributed by atoms with Gasteiger partial charge in [0.1, 0.15) is 6.10 Å². The zero-order valence-corrected chi connectivity index (χ0v) is 13.4. The third-order valence-corrected chi connectivity index (χ3v) is 8.22. The van der Waals surface area contributed by atoms with E-state index in [4.69, 9.17) is 16.0 Å². The Labute approximate surface area is 115 Å². The Bertz CT molecular complexity index is 424. The molecule has 2 nitrogen and oxygen atoms in total. The molecule has 0 heterocycles. The van der Waals surface area contributed by atoms with Crippen LogP contribution in [0.15, 0.2) is 24.3 Å². The lowest BCUT2D eigenvalue weighted by Gasteiger charge is -2.38. The number of carbonyl (C=O) groups excluding carboxylic acids is 1. The fourth-order valence-corrected chi connectivity index (χ4v) is 2.73. The summed E-state index contributed by atoms with van der Waals surface area (Å²) in [5.74, 6) is 0. The molecule has 0 N–H and O–H groups in total. The lowest BCUT2D eigenvalue weighted by atomic mass is 10.1. The van der Waals surface area contributed by atoms with Gasteiger partial charge in [-0.2, -0.15) is 0 Å². The lowest BCUT2D eigenvalue weighted by Crippen LogP contribution is -2.42. The van der Waals surface area contributed by atoms with E-state index in [1.165, 1.54) is 0 Å². The Hall–Kier alpha value is -0.643. The third-order valence-electron chi connectivity index (χ3n) is 3.53. The van der Waals surface area contributed by atoms with E-state index in [1.54, 1.807) is 12.1 Å². The van der Waals surface area contributed by atoms with E-state index in [2.05, 4.69) is 33.9 Å². The summed E-state index contributed by atoms with van der Waals surface area (Å²) in [5.41, 5.74) is 0.822. The summed E-state index contributed by atoms with van der Waals surface area (Å²) >= 11 is 5.95. The maximum atomic E-state index is 11.3. The molecule has 0 amide bonds. The molecule has 1 atom stereocenters. The first kappa shape index (κ1) is 15.4. The largest absolute Gasteiger partial charge is 0.403 e. The molecule has 0 aliphatic rings. The van der Waals surface area contributed by atoms with E-state index in [0.29, 0.717) is 5.02 Å². The van der Waals surface area contributed by atoms with E-state index in [-0.39, 0.29) is 5.04 Å². The number of halogens is 1. The van der Waals surface area contributed by atoms with Gasteiger partial charge in [-0.25, -0.2) is 0 Å². The van der Waals surface area contributed by atoms with Crippen LogP contribution < -0.4 is 0 Å². The molecular formula is C14H21ClO2Si. The van der Waals surface area contributed by atoms with Crippen LogP contribution in [0.4, 0.5) is 0 Å². The smallest absolute Gasteiger partial charge is 0.193 e. The molecule has 0 unspecified atom stereocenters. The minimum Gasteiger partial charge on any atom is -0.403 e. The van der Waals surface area contributed by atoms with E-state index >= 15 is 0 Å². The maximum Gasteiger partial charge on any atom is 0.193 e. The van der Waals surface area contributed by atoms with E-state index in [0.717, 1.165) is 11.8 Å². The second-order valence-electron chi connectivity index (χ2n) is 5.99. The summed E-state index contributed by atoms with van der Waals surface area (Å²) in [4.78, 5) is 11.3. The summed E-state index contributed by atoms with van der Waals surface area (Å²) in [6.07, 6.45) is 0.330. The third kappa shape index (κ3) is 3.67. The summed E-state index contributed by atoms with van der Waals surface area (Å²) < 4.78 is 6.10. The van der Waals surface area contributed by atoms with Gasteiger partial charge in [0.15, 0.2) is 14.6 Å². The minimum absolute atomic E-state index is 0.0762. The van der Waals surface area contributed by atoms with Crippen LogP contribution in [0, 0.1) is 0 Å². The van der Waals surface area contributed by atoms with Gasteiger partial charge in [-0.3, -0.25) is 0 Å². The summed E-state index contributed by atoms with van der Waals surface area (Å²) in [5, 5.41) is 0.700. The standard InChI is InChI=1S/C14H21ClO2Si/c1-14(2,3)18(4,5)17-13(10-16)11-7-6-8-12(15)9-11/h6-10,13H,1-5H3/t13-/m0/s1. The SMILES string of the molecule is CC(C)(C)[Si](C)(C)O[C@@H](C=O)c1cccc(Cl)c1. The van der Waals surface area contributed by atoms with E-state index in [9.17, 15) is 4.79 Å². The van der Waals surface area contributed by atoms with Gasteiger partial charge in [-0.1, -0.05) is 44.5 Å². The first-order valence-corrected chi connectivity index (χ1v) is 9.34. The van der Waals surface area contributed by atoms with Crippen LogP contribution in [-0.4, -0.2) is 14.6 Å². The number of hydrogen-bond donors (Lipinski definition) is 0. The molecule has 0 radical (unpaired) electrons. The summed E-state index contributed by atoms with van der Waals surface area (Å²) in [6.45, 7) is 10.7. The van der Waals surface area contributed by atoms with Gasteiger partial charge in [-0.05, 0) is 35.8 Å². The van der Waals surface area contributed by atoms with Crippen molar-refractivity contribution in [3.63, 3.8) is 0 Å². The topological polar surface area (TPSA) is 26.3 Å². The highest BCUT2D eigenvalue weighted by Gasteiger charge is 2.39.